The van der Waals surface area contributed by atoms with Gasteiger partial charge in [-0.25, -0.2) is 0 Å². The number of rotatable bonds is 4. The Kier molecular flexibility index (Phi) is 5.27. The molecular formula is C34H22S2. The minimum Gasteiger partial charge on any atom is -0.135 e. The average molecular weight is 495 g/mol. The van der Waals surface area contributed by atoms with Gasteiger partial charge in [-0.05, 0) is 46.5 Å². The van der Waals surface area contributed by atoms with Crippen LogP contribution in [0.25, 0.3) is 64.6 Å². The zero-order chi connectivity index (χ0) is 23.9. The second-order valence-corrected chi connectivity index (χ2v) is 11.2. The van der Waals surface area contributed by atoms with Gasteiger partial charge in [-0.2, -0.15) is 0 Å². The van der Waals surface area contributed by atoms with E-state index in [0.29, 0.717) is 0 Å². The SMILES string of the molecule is C(=C\c1ccc2c(c1)sc1ccccc12)/c1ccc(/C=C/c2ccc3c(c2)sc2ccccc23)cc1. The van der Waals surface area contributed by atoms with Gasteiger partial charge in [0.15, 0.2) is 0 Å². The summed E-state index contributed by atoms with van der Waals surface area (Å²) < 4.78 is 5.38. The summed E-state index contributed by atoms with van der Waals surface area (Å²) in [5, 5.41) is 5.38. The largest absolute Gasteiger partial charge is 0.135 e. The van der Waals surface area contributed by atoms with Crippen molar-refractivity contribution in [3.8, 4) is 0 Å². The van der Waals surface area contributed by atoms with E-state index in [2.05, 4.69) is 133 Å². The summed E-state index contributed by atoms with van der Waals surface area (Å²) in [7, 11) is 0. The molecule has 170 valence electrons. The maximum Gasteiger partial charge on any atom is 0.0361 e. The Morgan fingerprint density at radius 3 is 1.17 bits per heavy atom. The zero-order valence-electron chi connectivity index (χ0n) is 19.5. The summed E-state index contributed by atoms with van der Waals surface area (Å²) in [5.74, 6) is 0. The lowest BCUT2D eigenvalue weighted by Crippen LogP contribution is -1.76. The normalized spacial score (nSPS) is 12.2. The van der Waals surface area contributed by atoms with E-state index in [-0.39, 0.29) is 0 Å². The Labute approximate surface area is 218 Å². The Bertz CT molecular complexity index is 1790. The van der Waals surface area contributed by atoms with E-state index < -0.39 is 0 Å². The van der Waals surface area contributed by atoms with Crippen molar-refractivity contribution in [2.75, 3.05) is 0 Å². The van der Waals surface area contributed by atoms with Gasteiger partial charge in [0, 0.05) is 40.3 Å². The van der Waals surface area contributed by atoms with Gasteiger partial charge in [-0.3, -0.25) is 0 Å². The highest BCUT2D eigenvalue weighted by molar-refractivity contribution is 7.26. The Hall–Kier alpha value is -3.98. The van der Waals surface area contributed by atoms with Gasteiger partial charge in [0.05, 0.1) is 0 Å². The van der Waals surface area contributed by atoms with Gasteiger partial charge in [0.25, 0.3) is 0 Å². The van der Waals surface area contributed by atoms with Gasteiger partial charge in [0.2, 0.25) is 0 Å². The quantitative estimate of drug-likeness (QED) is 0.213. The summed E-state index contributed by atoms with van der Waals surface area (Å²) in [6, 6.07) is 39.5. The molecular weight excluding hydrogens is 473 g/mol. The first-order valence-corrected chi connectivity index (χ1v) is 13.7. The topological polar surface area (TPSA) is 0 Å². The van der Waals surface area contributed by atoms with E-state index in [4.69, 9.17) is 0 Å². The van der Waals surface area contributed by atoms with Crippen molar-refractivity contribution in [1.29, 1.82) is 0 Å². The molecule has 0 radical (unpaired) electrons. The van der Waals surface area contributed by atoms with Crippen LogP contribution in [0.4, 0.5) is 0 Å². The fourth-order valence-corrected chi connectivity index (χ4v) is 7.10. The van der Waals surface area contributed by atoms with Gasteiger partial charge in [-0.1, -0.05) is 109 Å². The molecule has 0 aliphatic heterocycles. The molecule has 0 N–H and O–H groups in total. The van der Waals surface area contributed by atoms with Crippen molar-refractivity contribution in [2.45, 2.75) is 0 Å². The number of fused-ring (bicyclic) bond motifs is 6. The predicted octanol–water partition coefficient (Wildman–Crippen LogP) is 10.8. The highest BCUT2D eigenvalue weighted by Gasteiger charge is 2.05. The molecule has 0 fully saturated rings. The van der Waals surface area contributed by atoms with Gasteiger partial charge in [-0.15, -0.1) is 22.7 Å². The molecule has 7 rings (SSSR count). The van der Waals surface area contributed by atoms with Crippen molar-refractivity contribution in [3.63, 3.8) is 0 Å². The fraction of sp³-hybridized carbons (Fsp3) is 0. The van der Waals surface area contributed by atoms with Crippen LogP contribution in [0.1, 0.15) is 22.3 Å². The van der Waals surface area contributed by atoms with E-state index in [1.54, 1.807) is 0 Å². The third-order valence-electron chi connectivity index (χ3n) is 6.68. The molecule has 5 aromatic carbocycles. The Morgan fingerprint density at radius 2 is 0.694 bits per heavy atom. The van der Waals surface area contributed by atoms with Crippen LogP contribution in [-0.4, -0.2) is 0 Å². The third kappa shape index (κ3) is 3.95. The van der Waals surface area contributed by atoms with Crippen LogP contribution in [0.2, 0.25) is 0 Å². The first kappa shape index (κ1) is 21.3. The van der Waals surface area contributed by atoms with Crippen LogP contribution in [-0.2, 0) is 0 Å². The van der Waals surface area contributed by atoms with Crippen LogP contribution < -0.4 is 0 Å². The molecule has 0 saturated heterocycles. The second-order valence-electron chi connectivity index (χ2n) is 9.04. The molecule has 0 spiro atoms. The summed E-state index contributed by atoms with van der Waals surface area (Å²) in [5.41, 5.74) is 4.87. The minimum absolute atomic E-state index is 1.20. The van der Waals surface area contributed by atoms with E-state index >= 15 is 0 Å². The molecule has 0 amide bonds. The summed E-state index contributed by atoms with van der Waals surface area (Å²) in [6.07, 6.45) is 8.79. The van der Waals surface area contributed by atoms with Crippen LogP contribution in [0, 0.1) is 0 Å². The van der Waals surface area contributed by atoms with Crippen LogP contribution in [0.15, 0.2) is 109 Å². The molecule has 36 heavy (non-hydrogen) atoms. The van der Waals surface area contributed by atoms with E-state index in [1.165, 1.54) is 62.6 Å². The van der Waals surface area contributed by atoms with E-state index in [9.17, 15) is 0 Å². The number of hydrogen-bond donors (Lipinski definition) is 0. The number of thiophene rings is 2. The smallest absolute Gasteiger partial charge is 0.0361 e. The standard InChI is InChI=1S/C34H22S2/c1-3-7-31-27(5-1)29-19-17-25(21-33(29)35-31)15-13-23-9-11-24(12-10-23)14-16-26-18-20-30-28-6-2-4-8-32(28)36-34(30)22-26/h1-22H/b15-13+,16-14+. The molecule has 2 heterocycles. The summed E-state index contributed by atoms with van der Waals surface area (Å²) in [4.78, 5) is 0. The number of hydrogen-bond acceptors (Lipinski definition) is 2. The minimum atomic E-state index is 1.20. The molecule has 0 bridgehead atoms. The van der Waals surface area contributed by atoms with Crippen LogP contribution >= 0.6 is 22.7 Å². The lowest BCUT2D eigenvalue weighted by atomic mass is 10.1. The Morgan fingerprint density at radius 1 is 0.333 bits per heavy atom. The molecule has 0 saturated carbocycles. The maximum absolute atomic E-state index is 2.29. The summed E-state index contributed by atoms with van der Waals surface area (Å²) >= 11 is 3.73. The molecule has 0 aliphatic carbocycles. The fourth-order valence-electron chi connectivity index (χ4n) is 4.80. The van der Waals surface area contributed by atoms with E-state index in [0.717, 1.165) is 0 Å². The van der Waals surface area contributed by atoms with Gasteiger partial charge < -0.3 is 0 Å². The molecule has 0 unspecified atom stereocenters. The molecule has 2 heteroatoms. The van der Waals surface area contributed by atoms with Crippen molar-refractivity contribution >= 4 is 87.3 Å². The lowest BCUT2D eigenvalue weighted by molar-refractivity contribution is 1.62. The highest BCUT2D eigenvalue weighted by atomic mass is 32.1. The van der Waals surface area contributed by atoms with E-state index in [1.807, 2.05) is 22.7 Å². The van der Waals surface area contributed by atoms with Crippen LogP contribution in [0.3, 0.4) is 0 Å². The third-order valence-corrected chi connectivity index (χ3v) is 8.95. The van der Waals surface area contributed by atoms with Gasteiger partial charge in [0.1, 0.15) is 0 Å². The molecule has 0 nitrogen and oxygen atoms in total. The molecule has 2 aromatic heterocycles. The van der Waals surface area contributed by atoms with Crippen LogP contribution in [0.5, 0.6) is 0 Å². The second kappa shape index (κ2) is 8.91. The van der Waals surface area contributed by atoms with Crippen molar-refractivity contribution in [1.82, 2.24) is 0 Å². The maximum atomic E-state index is 2.29. The summed E-state index contributed by atoms with van der Waals surface area (Å²) in [6.45, 7) is 0. The zero-order valence-corrected chi connectivity index (χ0v) is 21.2. The molecule has 0 aliphatic rings. The first-order valence-electron chi connectivity index (χ1n) is 12.1. The molecule has 7 aromatic rings. The average Bonchev–Trinajstić information content (AvgIpc) is 3.48. The Balaban J connectivity index is 1.09. The van der Waals surface area contributed by atoms with Crippen molar-refractivity contribution in [3.05, 3.63) is 131 Å². The monoisotopic (exact) mass is 494 g/mol. The van der Waals surface area contributed by atoms with Crippen molar-refractivity contribution in [2.24, 2.45) is 0 Å². The predicted molar refractivity (Wildman–Crippen MR) is 163 cm³/mol. The first-order chi connectivity index (χ1) is 17.8. The van der Waals surface area contributed by atoms with Crippen molar-refractivity contribution < 1.29 is 0 Å². The highest BCUT2D eigenvalue weighted by Crippen LogP contribution is 2.35. The number of benzene rings is 5. The van der Waals surface area contributed by atoms with Gasteiger partial charge >= 0.3 is 0 Å². The molecule has 0 atom stereocenters. The lowest BCUT2D eigenvalue weighted by Gasteiger charge is -1.99.